The summed E-state index contributed by atoms with van der Waals surface area (Å²) in [5.41, 5.74) is 7.77. The molecule has 2 aromatic rings. The van der Waals surface area contributed by atoms with Gasteiger partial charge in [0.25, 0.3) is 0 Å². The number of aryl methyl sites for hydroxylation is 2. The lowest BCUT2D eigenvalue weighted by Gasteiger charge is -2.04. The quantitative estimate of drug-likeness (QED) is 0.828. The maximum absolute atomic E-state index is 5.85. The lowest BCUT2D eigenvalue weighted by molar-refractivity contribution is 0.491. The first-order valence-electron chi connectivity index (χ1n) is 5.82. The monoisotopic (exact) mass is 221 g/mol. The van der Waals surface area contributed by atoms with Crippen molar-refractivity contribution in [1.29, 1.82) is 0 Å². The van der Waals surface area contributed by atoms with Crippen LogP contribution in [0.4, 0.5) is 5.82 Å². The van der Waals surface area contributed by atoms with Gasteiger partial charge in [-0.3, -0.25) is 5.10 Å². The van der Waals surface area contributed by atoms with E-state index < -0.39 is 0 Å². The van der Waals surface area contributed by atoms with Crippen molar-refractivity contribution in [3.8, 4) is 0 Å². The Hall–Kier alpha value is -1.52. The van der Waals surface area contributed by atoms with E-state index in [1.807, 2.05) is 4.68 Å². The van der Waals surface area contributed by atoms with Crippen LogP contribution in [-0.4, -0.2) is 20.0 Å². The molecule has 0 amide bonds. The lowest BCUT2D eigenvalue weighted by atomic mass is 10.1. The highest BCUT2D eigenvalue weighted by Crippen LogP contribution is 2.23. The Kier molecular flexibility index (Phi) is 2.85. The Labute approximate surface area is 95.0 Å². The van der Waals surface area contributed by atoms with E-state index >= 15 is 0 Å². The Bertz CT molecular complexity index is 480. The summed E-state index contributed by atoms with van der Waals surface area (Å²) in [4.78, 5) is 0. The van der Waals surface area contributed by atoms with Gasteiger partial charge in [-0.2, -0.15) is 10.2 Å². The van der Waals surface area contributed by atoms with Crippen LogP contribution in [0.15, 0.2) is 0 Å². The number of nitrogens with two attached hydrogens (primary N) is 1. The molecule has 0 aliphatic carbocycles. The zero-order valence-electron chi connectivity index (χ0n) is 10.1. The van der Waals surface area contributed by atoms with E-state index in [1.165, 1.54) is 0 Å². The standard InChI is InChI=1S/C11H19N5/c1-4-8-9-10(12)13-14-11(9)16(15-8)6-5-7(2)3/h7H,4-6H2,1-3H3,(H3,12,13,14). The molecule has 0 aromatic carbocycles. The smallest absolute Gasteiger partial charge is 0.182 e. The maximum atomic E-state index is 5.85. The zero-order chi connectivity index (χ0) is 11.7. The molecule has 0 spiro atoms. The fourth-order valence-corrected chi connectivity index (χ4v) is 1.84. The summed E-state index contributed by atoms with van der Waals surface area (Å²) in [6.45, 7) is 7.40. The zero-order valence-corrected chi connectivity index (χ0v) is 10.1. The van der Waals surface area contributed by atoms with Gasteiger partial charge >= 0.3 is 0 Å². The maximum Gasteiger partial charge on any atom is 0.182 e. The molecule has 0 radical (unpaired) electrons. The van der Waals surface area contributed by atoms with Crippen molar-refractivity contribution in [2.45, 2.75) is 40.2 Å². The molecule has 0 fully saturated rings. The van der Waals surface area contributed by atoms with E-state index in [9.17, 15) is 0 Å². The van der Waals surface area contributed by atoms with Gasteiger partial charge in [-0.05, 0) is 18.8 Å². The van der Waals surface area contributed by atoms with Crippen LogP contribution in [0.5, 0.6) is 0 Å². The minimum Gasteiger partial charge on any atom is -0.383 e. The predicted octanol–water partition coefficient (Wildman–Crippen LogP) is 1.95. The van der Waals surface area contributed by atoms with Crippen molar-refractivity contribution in [2.24, 2.45) is 5.92 Å². The van der Waals surface area contributed by atoms with Crippen LogP contribution in [0.25, 0.3) is 11.0 Å². The molecule has 2 heterocycles. The molecular formula is C11H19N5. The highest BCUT2D eigenvalue weighted by Gasteiger charge is 2.14. The molecule has 5 nitrogen and oxygen atoms in total. The van der Waals surface area contributed by atoms with Gasteiger partial charge in [0, 0.05) is 6.54 Å². The van der Waals surface area contributed by atoms with E-state index in [0.29, 0.717) is 11.7 Å². The number of hydrogen-bond acceptors (Lipinski definition) is 3. The van der Waals surface area contributed by atoms with E-state index in [4.69, 9.17) is 5.73 Å². The van der Waals surface area contributed by atoms with Crippen molar-refractivity contribution in [3.05, 3.63) is 5.69 Å². The summed E-state index contributed by atoms with van der Waals surface area (Å²) in [6.07, 6.45) is 1.99. The van der Waals surface area contributed by atoms with Gasteiger partial charge in [-0.15, -0.1) is 0 Å². The van der Waals surface area contributed by atoms with Gasteiger partial charge in [0.15, 0.2) is 5.65 Å². The Morgan fingerprint density at radius 3 is 2.81 bits per heavy atom. The van der Waals surface area contributed by atoms with E-state index in [2.05, 4.69) is 36.1 Å². The van der Waals surface area contributed by atoms with Crippen LogP contribution in [0.2, 0.25) is 0 Å². The summed E-state index contributed by atoms with van der Waals surface area (Å²) >= 11 is 0. The van der Waals surface area contributed by atoms with E-state index in [0.717, 1.165) is 36.1 Å². The second-order valence-electron chi connectivity index (χ2n) is 4.54. The fourth-order valence-electron chi connectivity index (χ4n) is 1.84. The number of hydrogen-bond donors (Lipinski definition) is 2. The van der Waals surface area contributed by atoms with Crippen LogP contribution < -0.4 is 5.73 Å². The normalized spacial score (nSPS) is 11.8. The van der Waals surface area contributed by atoms with E-state index in [-0.39, 0.29) is 0 Å². The van der Waals surface area contributed by atoms with Gasteiger partial charge in [0.05, 0.1) is 11.1 Å². The summed E-state index contributed by atoms with van der Waals surface area (Å²) in [6, 6.07) is 0. The van der Waals surface area contributed by atoms with E-state index in [1.54, 1.807) is 0 Å². The van der Waals surface area contributed by atoms with Crippen molar-refractivity contribution < 1.29 is 0 Å². The van der Waals surface area contributed by atoms with Crippen molar-refractivity contribution in [3.63, 3.8) is 0 Å². The van der Waals surface area contributed by atoms with Crippen LogP contribution in [0.3, 0.4) is 0 Å². The molecule has 16 heavy (non-hydrogen) atoms. The van der Waals surface area contributed by atoms with Crippen LogP contribution in [0, 0.1) is 5.92 Å². The third-order valence-corrected chi connectivity index (χ3v) is 2.80. The largest absolute Gasteiger partial charge is 0.383 e. The first-order valence-corrected chi connectivity index (χ1v) is 5.82. The molecule has 0 atom stereocenters. The first-order chi connectivity index (χ1) is 7.63. The third-order valence-electron chi connectivity index (χ3n) is 2.80. The number of nitrogens with one attached hydrogen (secondary N) is 1. The molecule has 0 saturated carbocycles. The van der Waals surface area contributed by atoms with Crippen molar-refractivity contribution >= 4 is 16.9 Å². The fraction of sp³-hybridized carbons (Fsp3) is 0.636. The average Bonchev–Trinajstić information content (AvgIpc) is 2.77. The van der Waals surface area contributed by atoms with Gasteiger partial charge in [-0.25, -0.2) is 4.68 Å². The Morgan fingerprint density at radius 2 is 2.19 bits per heavy atom. The van der Waals surface area contributed by atoms with Gasteiger partial charge < -0.3 is 5.73 Å². The van der Waals surface area contributed by atoms with Crippen LogP contribution in [0.1, 0.15) is 32.9 Å². The molecule has 0 aliphatic heterocycles. The Balaban J connectivity index is 2.38. The average molecular weight is 221 g/mol. The molecule has 0 bridgehead atoms. The second-order valence-corrected chi connectivity index (χ2v) is 4.54. The SMILES string of the molecule is CCc1nn(CCC(C)C)c2n[nH]c(N)c12. The Morgan fingerprint density at radius 1 is 1.44 bits per heavy atom. The number of fused-ring (bicyclic) bond motifs is 1. The van der Waals surface area contributed by atoms with Crippen LogP contribution >= 0.6 is 0 Å². The first kappa shape index (κ1) is 11.0. The van der Waals surface area contributed by atoms with Gasteiger partial charge in [-0.1, -0.05) is 20.8 Å². The number of nitrogens with zero attached hydrogens (tertiary/aromatic N) is 3. The summed E-state index contributed by atoms with van der Waals surface area (Å²) in [5, 5.41) is 12.6. The second kappa shape index (κ2) is 4.15. The summed E-state index contributed by atoms with van der Waals surface area (Å²) in [7, 11) is 0. The molecule has 5 heteroatoms. The number of aromatic amines is 1. The van der Waals surface area contributed by atoms with Gasteiger partial charge in [0.1, 0.15) is 5.82 Å². The van der Waals surface area contributed by atoms with Crippen molar-refractivity contribution in [2.75, 3.05) is 5.73 Å². The molecular weight excluding hydrogens is 202 g/mol. The highest BCUT2D eigenvalue weighted by molar-refractivity contribution is 5.88. The molecule has 3 N–H and O–H groups in total. The molecule has 2 rings (SSSR count). The summed E-state index contributed by atoms with van der Waals surface area (Å²) in [5.74, 6) is 1.29. The molecule has 0 unspecified atom stereocenters. The minimum absolute atomic E-state index is 0.627. The molecule has 2 aromatic heterocycles. The highest BCUT2D eigenvalue weighted by atomic mass is 15.3. The minimum atomic E-state index is 0.627. The molecule has 88 valence electrons. The molecule has 0 aliphatic rings. The number of anilines is 1. The number of nitrogen functional groups attached to an aromatic ring is 1. The number of rotatable bonds is 4. The van der Waals surface area contributed by atoms with Crippen LogP contribution in [-0.2, 0) is 13.0 Å². The third kappa shape index (κ3) is 1.77. The number of aromatic nitrogens is 4. The predicted molar refractivity (Wildman–Crippen MR) is 65.1 cm³/mol. The topological polar surface area (TPSA) is 72.5 Å². The molecule has 0 saturated heterocycles. The lowest BCUT2D eigenvalue weighted by Crippen LogP contribution is -2.04. The number of H-pyrrole nitrogens is 1. The van der Waals surface area contributed by atoms with Gasteiger partial charge in [0.2, 0.25) is 0 Å². The summed E-state index contributed by atoms with van der Waals surface area (Å²) < 4.78 is 1.96. The van der Waals surface area contributed by atoms with Crippen molar-refractivity contribution in [1.82, 2.24) is 20.0 Å².